The topological polar surface area (TPSA) is 65.1 Å². The van der Waals surface area contributed by atoms with E-state index in [0.29, 0.717) is 37.6 Å². The number of hydrogen-bond donors (Lipinski definition) is 0. The van der Waals surface area contributed by atoms with E-state index in [4.69, 9.17) is 14.2 Å². The molecule has 1 fully saturated rings. The van der Waals surface area contributed by atoms with E-state index in [1.807, 2.05) is 41.3 Å². The normalized spacial score (nSPS) is 19.0. The van der Waals surface area contributed by atoms with Gasteiger partial charge in [0.15, 0.2) is 0 Å². The zero-order valence-electron chi connectivity index (χ0n) is 17.0. The molecule has 2 aromatic carbocycles. The quantitative estimate of drug-likeness (QED) is 0.699. The molecule has 1 saturated heterocycles. The van der Waals surface area contributed by atoms with Gasteiger partial charge in [-0.1, -0.05) is 36.4 Å². The van der Waals surface area contributed by atoms with Crippen LogP contribution < -0.4 is 4.74 Å². The lowest BCUT2D eigenvalue weighted by atomic mass is 9.98. The molecule has 0 unspecified atom stereocenters. The van der Waals surface area contributed by atoms with E-state index in [9.17, 15) is 9.59 Å². The van der Waals surface area contributed by atoms with Gasteiger partial charge in [-0.2, -0.15) is 13.5 Å². The van der Waals surface area contributed by atoms with Gasteiger partial charge in [0, 0.05) is 31.2 Å². The zero-order chi connectivity index (χ0) is 20.2. The van der Waals surface area contributed by atoms with E-state index in [1.54, 1.807) is 12.1 Å². The molecule has 0 aromatic heterocycles. The molecule has 1 atom stereocenters. The number of carbonyl (C=O) groups excluding carboxylic acids is 2. The monoisotopic (exact) mass is 429 g/mol. The standard InChI is InChI=1S/C23H25NO5.H2S/c1-27-23(26)18-7-8-19-14-24(22(25)17-9-11-28-12-10-17)15-21(29-20(19)13-18)16-5-3-2-4-6-16;/h2-8,13,17,21H,9-12,14-15H2,1H3;1H2/t21-;/m1./s1. The summed E-state index contributed by atoms with van der Waals surface area (Å²) in [6.07, 6.45) is 1.19. The van der Waals surface area contributed by atoms with Crippen molar-refractivity contribution in [3.63, 3.8) is 0 Å². The van der Waals surface area contributed by atoms with Gasteiger partial charge in [-0.25, -0.2) is 4.79 Å². The van der Waals surface area contributed by atoms with Gasteiger partial charge in [0.25, 0.3) is 0 Å². The highest BCUT2D eigenvalue weighted by atomic mass is 32.1. The lowest BCUT2D eigenvalue weighted by Crippen LogP contribution is -2.40. The minimum atomic E-state index is -0.410. The van der Waals surface area contributed by atoms with Gasteiger partial charge < -0.3 is 19.1 Å². The fourth-order valence-corrected chi connectivity index (χ4v) is 3.91. The predicted molar refractivity (Wildman–Crippen MR) is 117 cm³/mol. The van der Waals surface area contributed by atoms with Crippen LogP contribution in [0.25, 0.3) is 0 Å². The molecule has 160 valence electrons. The minimum absolute atomic E-state index is 0. The summed E-state index contributed by atoms with van der Waals surface area (Å²) >= 11 is 0. The second-order valence-corrected chi connectivity index (χ2v) is 7.44. The largest absolute Gasteiger partial charge is 0.483 e. The zero-order valence-corrected chi connectivity index (χ0v) is 18.0. The Balaban J connectivity index is 0.00000256. The third-order valence-corrected chi connectivity index (χ3v) is 5.56. The van der Waals surface area contributed by atoms with Gasteiger partial charge in [-0.3, -0.25) is 4.79 Å². The Morgan fingerprint density at radius 1 is 1.07 bits per heavy atom. The average Bonchev–Trinajstić information content (AvgIpc) is 2.98. The smallest absolute Gasteiger partial charge is 0.337 e. The number of fused-ring (bicyclic) bond motifs is 1. The van der Waals surface area contributed by atoms with E-state index in [-0.39, 0.29) is 31.4 Å². The van der Waals surface area contributed by atoms with Crippen LogP contribution in [0.3, 0.4) is 0 Å². The van der Waals surface area contributed by atoms with Crippen molar-refractivity contribution in [2.75, 3.05) is 26.9 Å². The highest BCUT2D eigenvalue weighted by Crippen LogP contribution is 2.33. The van der Waals surface area contributed by atoms with Crippen molar-refractivity contribution >= 4 is 25.4 Å². The van der Waals surface area contributed by atoms with Crippen molar-refractivity contribution in [1.82, 2.24) is 4.90 Å². The fourth-order valence-electron chi connectivity index (χ4n) is 3.91. The highest BCUT2D eigenvalue weighted by molar-refractivity contribution is 7.59. The van der Waals surface area contributed by atoms with Crippen LogP contribution in [-0.4, -0.2) is 43.6 Å². The molecule has 0 N–H and O–H groups in total. The van der Waals surface area contributed by atoms with Crippen molar-refractivity contribution in [3.8, 4) is 5.75 Å². The van der Waals surface area contributed by atoms with Crippen LogP contribution in [0.4, 0.5) is 0 Å². The van der Waals surface area contributed by atoms with E-state index < -0.39 is 5.97 Å². The molecular weight excluding hydrogens is 402 g/mol. The molecule has 4 rings (SSSR count). The van der Waals surface area contributed by atoms with Gasteiger partial charge in [-0.15, -0.1) is 0 Å². The summed E-state index contributed by atoms with van der Waals surface area (Å²) in [5.41, 5.74) is 2.31. The van der Waals surface area contributed by atoms with Gasteiger partial charge in [0.05, 0.1) is 19.2 Å². The Bertz CT molecular complexity index is 882. The van der Waals surface area contributed by atoms with Crippen LogP contribution in [0.15, 0.2) is 48.5 Å². The lowest BCUT2D eigenvalue weighted by Gasteiger charge is -2.30. The van der Waals surface area contributed by atoms with Gasteiger partial charge in [0.1, 0.15) is 11.9 Å². The third kappa shape index (κ3) is 4.79. The summed E-state index contributed by atoms with van der Waals surface area (Å²) in [5.74, 6) is 0.329. The first kappa shape index (κ1) is 22.2. The summed E-state index contributed by atoms with van der Waals surface area (Å²) in [5, 5.41) is 0. The van der Waals surface area contributed by atoms with Crippen molar-refractivity contribution in [2.24, 2.45) is 5.92 Å². The minimum Gasteiger partial charge on any atom is -0.483 e. The Morgan fingerprint density at radius 2 is 1.80 bits per heavy atom. The Kier molecular flexibility index (Phi) is 7.39. The number of ether oxygens (including phenoxy) is 3. The van der Waals surface area contributed by atoms with E-state index in [2.05, 4.69) is 0 Å². The third-order valence-electron chi connectivity index (χ3n) is 5.56. The van der Waals surface area contributed by atoms with Crippen molar-refractivity contribution in [3.05, 3.63) is 65.2 Å². The van der Waals surface area contributed by atoms with Crippen LogP contribution in [0, 0.1) is 5.92 Å². The molecule has 0 radical (unpaired) electrons. The summed E-state index contributed by atoms with van der Waals surface area (Å²) in [7, 11) is 1.36. The maximum Gasteiger partial charge on any atom is 0.337 e. The molecule has 2 heterocycles. The second kappa shape index (κ2) is 10.00. The van der Waals surface area contributed by atoms with Gasteiger partial charge >= 0.3 is 5.97 Å². The maximum atomic E-state index is 13.3. The van der Waals surface area contributed by atoms with Crippen molar-refractivity contribution in [1.29, 1.82) is 0 Å². The number of rotatable bonds is 3. The SMILES string of the molecule is COC(=O)c1ccc2c(c1)O[C@@H](c1ccccc1)CN(C(=O)C1CCOCC1)C2.S. The summed E-state index contributed by atoms with van der Waals surface area (Å²) in [4.78, 5) is 27.1. The van der Waals surface area contributed by atoms with Crippen molar-refractivity contribution < 1.29 is 23.8 Å². The number of methoxy groups -OCH3 is 1. The molecule has 0 bridgehead atoms. The van der Waals surface area contributed by atoms with Gasteiger partial charge in [0.2, 0.25) is 5.91 Å². The maximum absolute atomic E-state index is 13.3. The van der Waals surface area contributed by atoms with Crippen LogP contribution in [0.1, 0.15) is 40.4 Å². The molecule has 30 heavy (non-hydrogen) atoms. The second-order valence-electron chi connectivity index (χ2n) is 7.44. The van der Waals surface area contributed by atoms with E-state index in [0.717, 1.165) is 24.0 Å². The highest BCUT2D eigenvalue weighted by Gasteiger charge is 2.32. The molecule has 0 spiro atoms. The average molecular weight is 430 g/mol. The van der Waals surface area contributed by atoms with Gasteiger partial charge in [-0.05, 0) is 30.5 Å². The Hall–Kier alpha value is -2.51. The molecule has 7 heteroatoms. The number of nitrogens with zero attached hydrogens (tertiary/aromatic N) is 1. The van der Waals surface area contributed by atoms with E-state index in [1.165, 1.54) is 7.11 Å². The van der Waals surface area contributed by atoms with Crippen molar-refractivity contribution in [2.45, 2.75) is 25.5 Å². The fraction of sp³-hybridized carbons (Fsp3) is 0.391. The molecular formula is C23H27NO5S. The Morgan fingerprint density at radius 3 is 2.50 bits per heavy atom. The number of amides is 1. The number of hydrogen-bond acceptors (Lipinski definition) is 5. The Labute approximate surface area is 183 Å². The van der Waals surface area contributed by atoms with Crippen LogP contribution in [-0.2, 0) is 20.8 Å². The molecule has 0 aliphatic carbocycles. The first-order valence-electron chi connectivity index (χ1n) is 9.95. The first-order chi connectivity index (χ1) is 14.2. The first-order valence-corrected chi connectivity index (χ1v) is 9.95. The number of benzene rings is 2. The lowest BCUT2D eigenvalue weighted by molar-refractivity contribution is -0.140. The number of carbonyl (C=O) groups is 2. The molecule has 2 aromatic rings. The molecule has 2 aliphatic heterocycles. The molecule has 6 nitrogen and oxygen atoms in total. The van der Waals surface area contributed by atoms with Crippen LogP contribution in [0.5, 0.6) is 5.75 Å². The summed E-state index contributed by atoms with van der Waals surface area (Å²) < 4.78 is 16.6. The van der Waals surface area contributed by atoms with Crippen LogP contribution in [0.2, 0.25) is 0 Å². The number of esters is 1. The van der Waals surface area contributed by atoms with E-state index >= 15 is 0 Å². The molecule has 1 amide bonds. The summed E-state index contributed by atoms with van der Waals surface area (Å²) in [6.45, 7) is 2.17. The summed E-state index contributed by atoms with van der Waals surface area (Å²) in [6, 6.07) is 15.1. The molecule has 0 saturated carbocycles. The predicted octanol–water partition coefficient (Wildman–Crippen LogP) is 3.47. The van der Waals surface area contributed by atoms with Crippen LogP contribution >= 0.6 is 13.5 Å². The molecule has 2 aliphatic rings.